The van der Waals surface area contributed by atoms with Gasteiger partial charge in [-0.15, -0.1) is 0 Å². The normalized spacial score (nSPS) is 15.5. The Kier molecular flexibility index (Phi) is 4.40. The second-order valence-corrected chi connectivity index (χ2v) is 6.01. The van der Waals surface area contributed by atoms with Crippen LogP contribution in [0.25, 0.3) is 0 Å². The molecular formula is C20H25N. The Morgan fingerprint density at radius 3 is 2.52 bits per heavy atom. The second-order valence-electron chi connectivity index (χ2n) is 6.01. The van der Waals surface area contributed by atoms with Crippen molar-refractivity contribution < 1.29 is 0 Å². The number of aryl methyl sites for hydroxylation is 3. The molecule has 1 nitrogen and oxygen atoms in total. The van der Waals surface area contributed by atoms with Crippen LogP contribution in [-0.2, 0) is 19.3 Å². The van der Waals surface area contributed by atoms with Crippen molar-refractivity contribution in [3.63, 3.8) is 0 Å². The molecule has 1 atom stereocenters. The monoisotopic (exact) mass is 279 g/mol. The van der Waals surface area contributed by atoms with E-state index in [2.05, 4.69) is 61.8 Å². The quantitative estimate of drug-likeness (QED) is 0.872. The summed E-state index contributed by atoms with van der Waals surface area (Å²) in [5.74, 6) is 0. The van der Waals surface area contributed by atoms with Crippen molar-refractivity contribution in [1.29, 1.82) is 0 Å². The lowest BCUT2D eigenvalue weighted by Crippen LogP contribution is -2.19. The predicted molar refractivity (Wildman–Crippen MR) is 89.8 cm³/mol. The molecule has 1 heteroatoms. The van der Waals surface area contributed by atoms with Crippen molar-refractivity contribution in [2.75, 3.05) is 7.05 Å². The zero-order chi connectivity index (χ0) is 14.7. The number of rotatable bonds is 4. The van der Waals surface area contributed by atoms with Crippen molar-refractivity contribution >= 4 is 0 Å². The molecule has 3 rings (SSSR count). The second kappa shape index (κ2) is 6.44. The highest BCUT2D eigenvalue weighted by Gasteiger charge is 2.17. The molecule has 1 unspecified atom stereocenters. The molecule has 0 saturated heterocycles. The van der Waals surface area contributed by atoms with E-state index in [1.807, 2.05) is 0 Å². The molecule has 21 heavy (non-hydrogen) atoms. The lowest BCUT2D eigenvalue weighted by Gasteiger charge is -2.23. The predicted octanol–water partition coefficient (Wildman–Crippen LogP) is 4.44. The summed E-state index contributed by atoms with van der Waals surface area (Å²) in [5, 5.41) is 3.52. The van der Waals surface area contributed by atoms with Gasteiger partial charge in [0, 0.05) is 0 Å². The first-order valence-corrected chi connectivity index (χ1v) is 8.20. The van der Waals surface area contributed by atoms with Crippen LogP contribution < -0.4 is 5.32 Å². The molecule has 0 fully saturated rings. The fourth-order valence-electron chi connectivity index (χ4n) is 3.57. The number of hydrogen-bond donors (Lipinski definition) is 1. The van der Waals surface area contributed by atoms with Crippen LogP contribution >= 0.6 is 0 Å². The summed E-state index contributed by atoms with van der Waals surface area (Å²) in [4.78, 5) is 0. The maximum atomic E-state index is 3.52. The van der Waals surface area contributed by atoms with Crippen molar-refractivity contribution in [2.45, 2.75) is 45.1 Å². The zero-order valence-electron chi connectivity index (χ0n) is 13.2. The van der Waals surface area contributed by atoms with E-state index in [4.69, 9.17) is 0 Å². The largest absolute Gasteiger partial charge is 0.309 e. The van der Waals surface area contributed by atoms with E-state index in [-0.39, 0.29) is 0 Å². The Morgan fingerprint density at radius 1 is 1.00 bits per heavy atom. The Labute approximate surface area is 128 Å². The molecule has 0 spiro atoms. The van der Waals surface area contributed by atoms with Gasteiger partial charge in [0.25, 0.3) is 0 Å². The first-order chi connectivity index (χ1) is 10.3. The average Bonchev–Trinajstić information content (AvgIpc) is 2.56. The topological polar surface area (TPSA) is 12.0 Å². The van der Waals surface area contributed by atoms with Crippen LogP contribution in [0.1, 0.15) is 53.6 Å². The summed E-state index contributed by atoms with van der Waals surface area (Å²) in [6, 6.07) is 16.2. The van der Waals surface area contributed by atoms with E-state index in [9.17, 15) is 0 Å². The van der Waals surface area contributed by atoms with Crippen molar-refractivity contribution in [3.8, 4) is 0 Å². The minimum Gasteiger partial charge on any atom is -0.309 e. The van der Waals surface area contributed by atoms with Crippen LogP contribution in [0.15, 0.2) is 42.5 Å². The van der Waals surface area contributed by atoms with E-state index in [1.54, 1.807) is 11.1 Å². The van der Waals surface area contributed by atoms with Crippen LogP contribution in [0.2, 0.25) is 0 Å². The molecule has 0 radical (unpaired) electrons. The SMILES string of the molecule is CCc1ccccc1C(NC)c1ccc2c(c1)CCCC2. The van der Waals surface area contributed by atoms with Crippen LogP contribution in [0.4, 0.5) is 0 Å². The van der Waals surface area contributed by atoms with Crippen LogP contribution in [0.3, 0.4) is 0 Å². The maximum absolute atomic E-state index is 3.52. The van der Waals surface area contributed by atoms with Gasteiger partial charge in [-0.05, 0) is 67.0 Å². The summed E-state index contributed by atoms with van der Waals surface area (Å²) < 4.78 is 0. The van der Waals surface area contributed by atoms with E-state index in [0.717, 1.165) is 6.42 Å². The van der Waals surface area contributed by atoms with Crippen molar-refractivity contribution in [3.05, 3.63) is 70.3 Å². The van der Waals surface area contributed by atoms with Crippen LogP contribution in [-0.4, -0.2) is 7.05 Å². The Balaban J connectivity index is 2.00. The zero-order valence-corrected chi connectivity index (χ0v) is 13.2. The van der Waals surface area contributed by atoms with Crippen molar-refractivity contribution in [2.24, 2.45) is 0 Å². The van der Waals surface area contributed by atoms with E-state index >= 15 is 0 Å². The first-order valence-electron chi connectivity index (χ1n) is 8.20. The molecule has 0 saturated carbocycles. The molecule has 0 aliphatic heterocycles. The number of hydrogen-bond acceptors (Lipinski definition) is 1. The third-order valence-corrected chi connectivity index (χ3v) is 4.74. The molecule has 0 aromatic heterocycles. The number of benzene rings is 2. The van der Waals surface area contributed by atoms with E-state index in [1.165, 1.54) is 42.4 Å². The molecule has 0 amide bonds. The molecule has 110 valence electrons. The van der Waals surface area contributed by atoms with Gasteiger partial charge < -0.3 is 5.32 Å². The Bertz CT molecular complexity index is 615. The summed E-state index contributed by atoms with van der Waals surface area (Å²) in [6.07, 6.45) is 6.27. The van der Waals surface area contributed by atoms with Gasteiger partial charge >= 0.3 is 0 Å². The third-order valence-electron chi connectivity index (χ3n) is 4.74. The number of fused-ring (bicyclic) bond motifs is 1. The molecular weight excluding hydrogens is 254 g/mol. The minimum absolute atomic E-state index is 0.299. The highest BCUT2D eigenvalue weighted by Crippen LogP contribution is 2.29. The smallest absolute Gasteiger partial charge is 0.0577 e. The lowest BCUT2D eigenvalue weighted by atomic mass is 9.87. The maximum Gasteiger partial charge on any atom is 0.0577 e. The average molecular weight is 279 g/mol. The number of nitrogens with one attached hydrogen (secondary N) is 1. The third kappa shape index (κ3) is 2.89. The van der Waals surface area contributed by atoms with E-state index < -0.39 is 0 Å². The van der Waals surface area contributed by atoms with E-state index in [0.29, 0.717) is 6.04 Å². The lowest BCUT2D eigenvalue weighted by molar-refractivity contribution is 0.664. The standard InChI is InChI=1S/C20H25N/c1-3-15-8-6-7-11-19(15)20(21-2)18-13-12-16-9-4-5-10-17(16)14-18/h6-8,11-14,20-21H,3-5,9-10H2,1-2H3. The molecule has 0 heterocycles. The van der Waals surface area contributed by atoms with Gasteiger partial charge in [-0.2, -0.15) is 0 Å². The van der Waals surface area contributed by atoms with Crippen LogP contribution in [0, 0.1) is 0 Å². The summed E-state index contributed by atoms with van der Waals surface area (Å²) >= 11 is 0. The molecule has 2 aromatic rings. The van der Waals surface area contributed by atoms with Gasteiger partial charge in [-0.1, -0.05) is 49.4 Å². The summed E-state index contributed by atoms with van der Waals surface area (Å²) in [6.45, 7) is 2.23. The van der Waals surface area contributed by atoms with Gasteiger partial charge in [-0.3, -0.25) is 0 Å². The summed E-state index contributed by atoms with van der Waals surface area (Å²) in [5.41, 5.74) is 7.38. The molecule has 1 N–H and O–H groups in total. The molecule has 1 aliphatic carbocycles. The van der Waals surface area contributed by atoms with Gasteiger partial charge in [0.05, 0.1) is 6.04 Å². The molecule has 0 bridgehead atoms. The Morgan fingerprint density at radius 2 is 1.76 bits per heavy atom. The fourth-order valence-corrected chi connectivity index (χ4v) is 3.57. The minimum atomic E-state index is 0.299. The van der Waals surface area contributed by atoms with Crippen molar-refractivity contribution in [1.82, 2.24) is 5.32 Å². The highest BCUT2D eigenvalue weighted by molar-refractivity contribution is 5.41. The van der Waals surface area contributed by atoms with Crippen LogP contribution in [0.5, 0.6) is 0 Å². The molecule has 1 aliphatic rings. The highest BCUT2D eigenvalue weighted by atomic mass is 14.9. The van der Waals surface area contributed by atoms with Gasteiger partial charge in [-0.25, -0.2) is 0 Å². The van der Waals surface area contributed by atoms with Gasteiger partial charge in [0.15, 0.2) is 0 Å². The summed E-state index contributed by atoms with van der Waals surface area (Å²) in [7, 11) is 2.07. The van der Waals surface area contributed by atoms with Gasteiger partial charge in [0.1, 0.15) is 0 Å². The first kappa shape index (κ1) is 14.3. The molecule has 2 aromatic carbocycles. The Hall–Kier alpha value is -1.60. The van der Waals surface area contributed by atoms with Gasteiger partial charge in [0.2, 0.25) is 0 Å². The fraction of sp³-hybridized carbons (Fsp3) is 0.400.